The molecule has 1 amide bonds. The van der Waals surface area contributed by atoms with Crippen LogP contribution >= 0.6 is 0 Å². The molecule has 0 aliphatic rings. The Balaban J connectivity index is 2.61. The van der Waals surface area contributed by atoms with E-state index in [-0.39, 0.29) is 24.3 Å². The number of hydrogen-bond donors (Lipinski definition) is 2. The van der Waals surface area contributed by atoms with Crippen LogP contribution in [0.5, 0.6) is 5.75 Å². The summed E-state index contributed by atoms with van der Waals surface area (Å²) in [5.74, 6) is -0.603. The fraction of sp³-hybridized carbons (Fsp3) is 0.533. The van der Waals surface area contributed by atoms with E-state index in [2.05, 4.69) is 17.6 Å². The van der Waals surface area contributed by atoms with Crippen LogP contribution in [0.4, 0.5) is 4.39 Å². The smallest absolute Gasteiger partial charge is 0.257 e. The van der Waals surface area contributed by atoms with Crippen molar-refractivity contribution in [2.45, 2.75) is 33.2 Å². The van der Waals surface area contributed by atoms with Gasteiger partial charge in [-0.15, -0.1) is 0 Å². The Kier molecular flexibility index (Phi) is 7.01. The number of carbonyl (C=O) groups excluding carboxylic acids is 1. The molecule has 1 aromatic rings. The van der Waals surface area contributed by atoms with E-state index in [1.54, 1.807) is 6.07 Å². The molecule has 0 aliphatic carbocycles. The second-order valence-corrected chi connectivity index (χ2v) is 4.61. The average Bonchev–Trinajstić information content (AvgIpc) is 2.43. The molecule has 4 nitrogen and oxygen atoms in total. The number of amides is 1. The van der Waals surface area contributed by atoms with Crippen molar-refractivity contribution in [3.8, 4) is 5.75 Å². The SMILES string of the molecule is CCCNC(C)c1ccc(OCC(=O)NCC)c(F)c1. The molecule has 1 aromatic carbocycles. The van der Waals surface area contributed by atoms with Crippen LogP contribution in [0.2, 0.25) is 0 Å². The lowest BCUT2D eigenvalue weighted by Gasteiger charge is -2.15. The number of hydrogen-bond acceptors (Lipinski definition) is 3. The van der Waals surface area contributed by atoms with Crippen molar-refractivity contribution in [3.05, 3.63) is 29.6 Å². The minimum Gasteiger partial charge on any atom is -0.481 e. The second-order valence-electron chi connectivity index (χ2n) is 4.61. The van der Waals surface area contributed by atoms with Crippen LogP contribution in [0.25, 0.3) is 0 Å². The van der Waals surface area contributed by atoms with Gasteiger partial charge in [0.15, 0.2) is 18.2 Å². The molecule has 0 fully saturated rings. The molecule has 0 saturated heterocycles. The van der Waals surface area contributed by atoms with Gasteiger partial charge in [-0.3, -0.25) is 4.79 Å². The number of carbonyl (C=O) groups is 1. The lowest BCUT2D eigenvalue weighted by atomic mass is 10.1. The third-order valence-corrected chi connectivity index (χ3v) is 2.89. The molecule has 0 aromatic heterocycles. The molecule has 1 unspecified atom stereocenters. The zero-order valence-corrected chi connectivity index (χ0v) is 12.3. The molecule has 0 heterocycles. The lowest BCUT2D eigenvalue weighted by molar-refractivity contribution is -0.123. The average molecular weight is 282 g/mol. The normalized spacial score (nSPS) is 12.0. The summed E-state index contributed by atoms with van der Waals surface area (Å²) in [5, 5.41) is 5.88. The predicted molar refractivity (Wildman–Crippen MR) is 77.3 cm³/mol. The van der Waals surface area contributed by atoms with Gasteiger partial charge >= 0.3 is 0 Å². The summed E-state index contributed by atoms with van der Waals surface area (Å²) in [4.78, 5) is 11.3. The Labute approximate surface area is 119 Å². The van der Waals surface area contributed by atoms with Gasteiger partial charge in [0.1, 0.15) is 0 Å². The minimum absolute atomic E-state index is 0.0851. The van der Waals surface area contributed by atoms with Crippen LogP contribution < -0.4 is 15.4 Å². The number of rotatable bonds is 8. The van der Waals surface area contributed by atoms with Crippen molar-refractivity contribution >= 4 is 5.91 Å². The van der Waals surface area contributed by atoms with Crippen LogP contribution in [0, 0.1) is 5.82 Å². The van der Waals surface area contributed by atoms with E-state index < -0.39 is 5.82 Å². The van der Waals surface area contributed by atoms with Gasteiger partial charge < -0.3 is 15.4 Å². The molecular weight excluding hydrogens is 259 g/mol. The summed E-state index contributed by atoms with van der Waals surface area (Å²) in [6, 6.07) is 4.90. The van der Waals surface area contributed by atoms with Crippen LogP contribution in [0.1, 0.15) is 38.8 Å². The molecule has 0 spiro atoms. The van der Waals surface area contributed by atoms with Gasteiger partial charge in [0.2, 0.25) is 0 Å². The fourth-order valence-electron chi connectivity index (χ4n) is 1.77. The first-order chi connectivity index (χ1) is 9.58. The highest BCUT2D eigenvalue weighted by atomic mass is 19.1. The van der Waals surface area contributed by atoms with Crippen LogP contribution in [0.3, 0.4) is 0 Å². The van der Waals surface area contributed by atoms with Gasteiger partial charge in [0.25, 0.3) is 5.91 Å². The zero-order chi connectivity index (χ0) is 15.0. The molecule has 1 rings (SSSR count). The van der Waals surface area contributed by atoms with E-state index in [1.807, 2.05) is 19.9 Å². The molecule has 0 aliphatic heterocycles. The highest BCUT2D eigenvalue weighted by molar-refractivity contribution is 5.77. The Morgan fingerprint density at radius 1 is 1.40 bits per heavy atom. The molecule has 2 N–H and O–H groups in total. The van der Waals surface area contributed by atoms with Gasteiger partial charge in [0.05, 0.1) is 0 Å². The largest absolute Gasteiger partial charge is 0.481 e. The Morgan fingerprint density at radius 2 is 2.15 bits per heavy atom. The highest BCUT2D eigenvalue weighted by Gasteiger charge is 2.10. The minimum atomic E-state index is -0.447. The van der Waals surface area contributed by atoms with Gasteiger partial charge in [-0.1, -0.05) is 13.0 Å². The summed E-state index contributed by atoms with van der Waals surface area (Å²) in [5.41, 5.74) is 0.862. The molecule has 1 atom stereocenters. The number of halogens is 1. The monoisotopic (exact) mass is 282 g/mol. The molecule has 0 saturated carbocycles. The summed E-state index contributed by atoms with van der Waals surface area (Å²) < 4.78 is 19.0. The maximum absolute atomic E-state index is 13.9. The summed E-state index contributed by atoms with van der Waals surface area (Å²) in [7, 11) is 0. The third kappa shape index (κ3) is 5.17. The molecular formula is C15H23FN2O2. The van der Waals surface area contributed by atoms with Gasteiger partial charge in [-0.05, 0) is 44.5 Å². The quantitative estimate of drug-likeness (QED) is 0.770. The Hall–Kier alpha value is -1.62. The number of ether oxygens (including phenoxy) is 1. The fourth-order valence-corrected chi connectivity index (χ4v) is 1.77. The standard InChI is InChI=1S/C15H23FN2O2/c1-4-8-18-11(3)12-6-7-14(13(16)9-12)20-10-15(19)17-5-2/h6-7,9,11,18H,4-5,8,10H2,1-3H3,(H,17,19). The van der Waals surface area contributed by atoms with Crippen molar-refractivity contribution in [3.63, 3.8) is 0 Å². The number of benzene rings is 1. The van der Waals surface area contributed by atoms with E-state index in [1.165, 1.54) is 6.07 Å². The summed E-state index contributed by atoms with van der Waals surface area (Å²) in [6.07, 6.45) is 1.03. The topological polar surface area (TPSA) is 50.4 Å². The second kappa shape index (κ2) is 8.53. The van der Waals surface area contributed by atoms with Crippen molar-refractivity contribution in [2.24, 2.45) is 0 Å². The van der Waals surface area contributed by atoms with Gasteiger partial charge in [0, 0.05) is 12.6 Å². The highest BCUT2D eigenvalue weighted by Crippen LogP contribution is 2.22. The van der Waals surface area contributed by atoms with Crippen LogP contribution in [0.15, 0.2) is 18.2 Å². The first kappa shape index (κ1) is 16.4. The van der Waals surface area contributed by atoms with Gasteiger partial charge in [-0.25, -0.2) is 4.39 Å². The first-order valence-corrected chi connectivity index (χ1v) is 7.00. The van der Waals surface area contributed by atoms with E-state index in [0.29, 0.717) is 6.54 Å². The Bertz CT molecular complexity index is 438. The third-order valence-electron chi connectivity index (χ3n) is 2.89. The van der Waals surface area contributed by atoms with Crippen molar-refractivity contribution in [2.75, 3.05) is 19.7 Å². The predicted octanol–water partition coefficient (Wildman–Crippen LogP) is 2.40. The molecule has 0 bridgehead atoms. The molecule has 20 heavy (non-hydrogen) atoms. The molecule has 0 radical (unpaired) electrons. The number of nitrogens with one attached hydrogen (secondary N) is 2. The van der Waals surface area contributed by atoms with E-state index >= 15 is 0 Å². The maximum atomic E-state index is 13.9. The Morgan fingerprint density at radius 3 is 2.75 bits per heavy atom. The molecule has 112 valence electrons. The summed E-state index contributed by atoms with van der Waals surface area (Å²) >= 11 is 0. The summed E-state index contributed by atoms with van der Waals surface area (Å²) in [6.45, 7) is 7.13. The molecule has 5 heteroatoms. The zero-order valence-electron chi connectivity index (χ0n) is 12.3. The lowest BCUT2D eigenvalue weighted by Crippen LogP contribution is -2.28. The van der Waals surface area contributed by atoms with Crippen molar-refractivity contribution in [1.29, 1.82) is 0 Å². The van der Waals surface area contributed by atoms with E-state index in [0.717, 1.165) is 18.5 Å². The van der Waals surface area contributed by atoms with Crippen LogP contribution in [-0.2, 0) is 4.79 Å². The maximum Gasteiger partial charge on any atom is 0.257 e. The van der Waals surface area contributed by atoms with Crippen molar-refractivity contribution < 1.29 is 13.9 Å². The van der Waals surface area contributed by atoms with Crippen molar-refractivity contribution in [1.82, 2.24) is 10.6 Å². The van der Waals surface area contributed by atoms with Crippen LogP contribution in [-0.4, -0.2) is 25.6 Å². The van der Waals surface area contributed by atoms with Gasteiger partial charge in [-0.2, -0.15) is 0 Å². The number of likely N-dealkylation sites (N-methyl/N-ethyl adjacent to an activating group) is 1. The van der Waals surface area contributed by atoms with E-state index in [9.17, 15) is 9.18 Å². The van der Waals surface area contributed by atoms with E-state index in [4.69, 9.17) is 4.74 Å². The first-order valence-electron chi connectivity index (χ1n) is 7.00.